The van der Waals surface area contributed by atoms with E-state index in [4.69, 9.17) is 0 Å². The van der Waals surface area contributed by atoms with Crippen molar-refractivity contribution in [3.8, 4) is 0 Å². The van der Waals surface area contributed by atoms with Crippen molar-refractivity contribution in [2.24, 2.45) is 5.16 Å². The monoisotopic (exact) mass is 98.0 g/mol. The van der Waals surface area contributed by atoms with Gasteiger partial charge >= 0.3 is 0 Å². The Hall–Kier alpha value is -0.313. The average molecular weight is 98.2 g/mol. The predicted octanol–water partition coefficient (Wildman–Crippen LogP) is -0.111. The maximum atomic E-state index is 4.60. The van der Waals surface area contributed by atoms with Gasteiger partial charge in [-0.05, 0) is 0 Å². The third-order valence-corrected chi connectivity index (χ3v) is 0.946. The molecule has 3 heteroatoms. The largest absolute Gasteiger partial charge is 0.396 e. The smallest absolute Gasteiger partial charge is 0.122 e. The van der Waals surface area contributed by atoms with Crippen molar-refractivity contribution in [2.45, 2.75) is 6.42 Å². The molecular weight excluding hydrogens is 94.1 g/mol. The summed E-state index contributed by atoms with van der Waals surface area (Å²) in [6.45, 7) is 0.735. The van der Waals surface area contributed by atoms with Crippen LogP contribution < -0.4 is 0 Å². The van der Waals surface area contributed by atoms with Crippen LogP contribution in [0.15, 0.2) is 5.16 Å². The van der Waals surface area contributed by atoms with Gasteiger partial charge in [-0.25, -0.2) is 0 Å². The first kappa shape index (κ1) is 3.86. The summed E-state index contributed by atoms with van der Waals surface area (Å²) in [7, 11) is 3.21. The molecule has 0 aliphatic carbocycles. The van der Waals surface area contributed by atoms with E-state index in [9.17, 15) is 0 Å². The first-order chi connectivity index (χ1) is 2.89. The molecule has 6 heavy (non-hydrogen) atoms. The predicted molar refractivity (Wildman–Crippen MR) is 23.8 cm³/mol. The molecule has 1 heterocycles. The Balaban J connectivity index is 2.45. The number of nitrogens with zero attached hydrogens (tertiary/aromatic N) is 1. The Morgan fingerprint density at radius 2 is 2.67 bits per heavy atom. The van der Waals surface area contributed by atoms with Crippen LogP contribution >= 0.6 is 0 Å². The van der Waals surface area contributed by atoms with Crippen LogP contribution in [-0.2, 0) is 4.84 Å². The molecule has 0 fully saturated rings. The van der Waals surface area contributed by atoms with Crippen LogP contribution in [0.2, 0.25) is 0 Å². The van der Waals surface area contributed by atoms with E-state index in [1.165, 1.54) is 0 Å². The minimum atomic E-state index is 0.735. The number of oxime groups is 1. The van der Waals surface area contributed by atoms with Gasteiger partial charge in [0.25, 0.3) is 0 Å². The lowest BCUT2D eigenvalue weighted by Crippen LogP contribution is -1.89. The van der Waals surface area contributed by atoms with Gasteiger partial charge in [0.1, 0.15) is 6.61 Å². The highest BCUT2D eigenvalue weighted by atomic mass is 28.1. The van der Waals surface area contributed by atoms with Crippen molar-refractivity contribution >= 4 is 15.6 Å². The van der Waals surface area contributed by atoms with Crippen LogP contribution in [0.5, 0.6) is 0 Å². The lowest BCUT2D eigenvalue weighted by Gasteiger charge is -1.76. The molecule has 0 saturated heterocycles. The normalized spacial score (nSPS) is 19.8. The third kappa shape index (κ3) is 0.595. The van der Waals surface area contributed by atoms with Gasteiger partial charge in [0.15, 0.2) is 0 Å². The van der Waals surface area contributed by atoms with Gasteiger partial charge < -0.3 is 4.84 Å². The molecule has 0 N–H and O–H groups in total. The molecule has 0 aromatic heterocycles. The second-order valence-corrected chi connectivity index (χ2v) is 1.70. The zero-order chi connectivity index (χ0) is 4.41. The molecule has 3 radical (unpaired) electrons. The zero-order valence-electron chi connectivity index (χ0n) is 3.27. The third-order valence-electron chi connectivity index (χ3n) is 0.605. The minimum absolute atomic E-state index is 0.735. The lowest BCUT2D eigenvalue weighted by molar-refractivity contribution is 0.174. The SMILES string of the molecule is [Si]C1=NOCC1. The molecule has 0 saturated carbocycles. The topological polar surface area (TPSA) is 21.6 Å². The van der Waals surface area contributed by atoms with Crippen molar-refractivity contribution in [3.05, 3.63) is 0 Å². The summed E-state index contributed by atoms with van der Waals surface area (Å²) in [6.07, 6.45) is 0.927. The Kier molecular flexibility index (Phi) is 0.917. The standard InChI is InChI=1S/C3H4NOSi/c6-3-1-2-5-4-3/h1-2H2. The lowest BCUT2D eigenvalue weighted by atomic mass is 10.5. The van der Waals surface area contributed by atoms with Gasteiger partial charge in [-0.3, -0.25) is 0 Å². The molecule has 0 atom stereocenters. The fourth-order valence-corrected chi connectivity index (χ4v) is 0.478. The highest BCUT2D eigenvalue weighted by molar-refractivity contribution is 6.59. The molecule has 0 aromatic carbocycles. The highest BCUT2D eigenvalue weighted by Gasteiger charge is 1.98. The van der Waals surface area contributed by atoms with Crippen molar-refractivity contribution in [2.75, 3.05) is 6.61 Å². The van der Waals surface area contributed by atoms with Crippen LogP contribution in [-0.4, -0.2) is 22.2 Å². The van der Waals surface area contributed by atoms with Crippen LogP contribution in [0.3, 0.4) is 0 Å². The molecule has 0 amide bonds. The molecule has 0 bridgehead atoms. The van der Waals surface area contributed by atoms with Crippen molar-refractivity contribution in [3.63, 3.8) is 0 Å². The summed E-state index contributed by atoms with van der Waals surface area (Å²) in [6, 6.07) is 0. The molecule has 1 aliphatic rings. The maximum absolute atomic E-state index is 4.60. The van der Waals surface area contributed by atoms with Gasteiger partial charge in [0.2, 0.25) is 0 Å². The number of hydrogen-bond acceptors (Lipinski definition) is 2. The molecule has 0 aromatic rings. The summed E-state index contributed by atoms with van der Waals surface area (Å²) in [4.78, 5) is 4.60. The summed E-state index contributed by atoms with van der Waals surface area (Å²) < 4.78 is 0. The molecule has 1 rings (SSSR count). The van der Waals surface area contributed by atoms with Crippen molar-refractivity contribution in [1.82, 2.24) is 0 Å². The molecule has 0 unspecified atom stereocenters. The van der Waals surface area contributed by atoms with Gasteiger partial charge in [0, 0.05) is 11.8 Å². The number of rotatable bonds is 0. The van der Waals surface area contributed by atoms with E-state index in [0.29, 0.717) is 0 Å². The molecule has 1 aliphatic heterocycles. The Bertz CT molecular complexity index is 80.9. The Morgan fingerprint density at radius 1 is 1.83 bits per heavy atom. The summed E-state index contributed by atoms with van der Waals surface area (Å²) >= 11 is 0. The second kappa shape index (κ2) is 1.42. The number of hydrogen-bond donors (Lipinski definition) is 0. The Morgan fingerprint density at radius 3 is 2.83 bits per heavy atom. The quantitative estimate of drug-likeness (QED) is 0.387. The maximum Gasteiger partial charge on any atom is 0.122 e. The summed E-state index contributed by atoms with van der Waals surface area (Å²) in [5.74, 6) is 0. The van der Waals surface area contributed by atoms with E-state index in [-0.39, 0.29) is 0 Å². The fraction of sp³-hybridized carbons (Fsp3) is 0.667. The molecule has 31 valence electrons. The van der Waals surface area contributed by atoms with Gasteiger partial charge in [-0.2, -0.15) is 0 Å². The summed E-state index contributed by atoms with van der Waals surface area (Å²) in [5.41, 5.74) is 0. The molecule has 2 nitrogen and oxygen atoms in total. The molecule has 0 spiro atoms. The first-order valence-corrected chi connectivity index (χ1v) is 2.30. The first-order valence-electron chi connectivity index (χ1n) is 1.80. The van der Waals surface area contributed by atoms with E-state index in [2.05, 4.69) is 20.2 Å². The van der Waals surface area contributed by atoms with E-state index in [0.717, 1.165) is 18.4 Å². The highest BCUT2D eigenvalue weighted by Crippen LogP contribution is 1.93. The van der Waals surface area contributed by atoms with E-state index in [1.54, 1.807) is 0 Å². The van der Waals surface area contributed by atoms with Crippen LogP contribution in [0, 0.1) is 0 Å². The Labute approximate surface area is 39.6 Å². The van der Waals surface area contributed by atoms with Gasteiger partial charge in [-0.1, -0.05) is 0 Å². The van der Waals surface area contributed by atoms with E-state index >= 15 is 0 Å². The van der Waals surface area contributed by atoms with Crippen LogP contribution in [0.25, 0.3) is 0 Å². The van der Waals surface area contributed by atoms with Gasteiger partial charge in [0.05, 0.1) is 10.2 Å². The molecular formula is C3H4NOSi. The van der Waals surface area contributed by atoms with Crippen molar-refractivity contribution < 1.29 is 4.84 Å². The van der Waals surface area contributed by atoms with Gasteiger partial charge in [-0.15, -0.1) is 5.16 Å². The van der Waals surface area contributed by atoms with Crippen LogP contribution in [0.1, 0.15) is 6.42 Å². The van der Waals surface area contributed by atoms with E-state index < -0.39 is 0 Å². The van der Waals surface area contributed by atoms with Crippen molar-refractivity contribution in [1.29, 1.82) is 0 Å². The zero-order valence-corrected chi connectivity index (χ0v) is 4.27. The average Bonchev–Trinajstić information content (AvgIpc) is 1.86. The summed E-state index contributed by atoms with van der Waals surface area (Å²) in [5, 5.41) is 4.48. The fourth-order valence-electron chi connectivity index (χ4n) is 0.312. The van der Waals surface area contributed by atoms with Crippen LogP contribution in [0.4, 0.5) is 0 Å². The second-order valence-electron chi connectivity index (χ2n) is 1.12. The minimum Gasteiger partial charge on any atom is -0.396 e. The van der Waals surface area contributed by atoms with E-state index in [1.807, 2.05) is 0 Å².